The molecule has 0 unspecified atom stereocenters. The molecular weight excluding hydrogens is 286 g/mol. The number of nitrogens with zero attached hydrogens (tertiary/aromatic N) is 1. The van der Waals surface area contributed by atoms with Crippen molar-refractivity contribution in [2.45, 2.75) is 24.1 Å². The van der Waals surface area contributed by atoms with Gasteiger partial charge in [0.25, 0.3) is 0 Å². The van der Waals surface area contributed by atoms with E-state index >= 15 is 0 Å². The number of halogens is 1. The summed E-state index contributed by atoms with van der Waals surface area (Å²) < 4.78 is 2.31. The van der Waals surface area contributed by atoms with Crippen LogP contribution in [0.2, 0.25) is 5.02 Å². The molecule has 1 heterocycles. The van der Waals surface area contributed by atoms with Crippen LogP contribution in [-0.2, 0) is 12.3 Å². The molecule has 0 N–H and O–H groups in total. The van der Waals surface area contributed by atoms with Crippen LogP contribution in [0.1, 0.15) is 12.5 Å². The molecule has 0 saturated carbocycles. The van der Waals surface area contributed by atoms with Crippen LogP contribution >= 0.6 is 23.4 Å². The predicted molar refractivity (Wildman–Crippen MR) is 88.6 cm³/mol. The van der Waals surface area contributed by atoms with Gasteiger partial charge in [0, 0.05) is 39.3 Å². The largest absolute Gasteiger partial charge is 0.347 e. The Morgan fingerprint density at radius 3 is 2.55 bits per heavy atom. The molecule has 102 valence electrons. The number of fused-ring (bicyclic) bond motifs is 1. The average Bonchev–Trinajstić information content (AvgIpc) is 2.85. The van der Waals surface area contributed by atoms with Gasteiger partial charge in [-0.05, 0) is 30.7 Å². The third-order valence-electron chi connectivity index (χ3n) is 3.40. The third kappa shape index (κ3) is 2.72. The minimum atomic E-state index is 0.793. The van der Waals surface area contributed by atoms with Crippen LogP contribution in [0.3, 0.4) is 0 Å². The molecule has 3 rings (SSSR count). The summed E-state index contributed by atoms with van der Waals surface area (Å²) in [6.07, 6.45) is 2.26. The lowest BCUT2D eigenvalue weighted by molar-refractivity contribution is 0.792. The topological polar surface area (TPSA) is 4.93 Å². The highest BCUT2D eigenvalue weighted by atomic mass is 35.5. The zero-order chi connectivity index (χ0) is 13.9. The lowest BCUT2D eigenvalue weighted by Gasteiger charge is -2.01. The first-order valence-electron chi connectivity index (χ1n) is 6.73. The maximum Gasteiger partial charge on any atom is 0.0491 e. The van der Waals surface area contributed by atoms with Crippen LogP contribution < -0.4 is 0 Å². The van der Waals surface area contributed by atoms with Gasteiger partial charge >= 0.3 is 0 Å². The second-order valence-electron chi connectivity index (χ2n) is 4.71. The van der Waals surface area contributed by atoms with Crippen LogP contribution in [0.15, 0.2) is 59.6 Å². The molecule has 3 heteroatoms. The van der Waals surface area contributed by atoms with Gasteiger partial charge in [0.05, 0.1) is 0 Å². The fraction of sp³-hybridized carbons (Fsp3) is 0.176. The number of aromatic nitrogens is 1. The Balaban J connectivity index is 1.85. The van der Waals surface area contributed by atoms with Crippen molar-refractivity contribution in [1.82, 2.24) is 4.57 Å². The molecule has 1 nitrogen and oxygen atoms in total. The molecule has 0 spiro atoms. The highest BCUT2D eigenvalue weighted by Crippen LogP contribution is 2.32. The number of aryl methyl sites for hydroxylation is 1. The molecule has 20 heavy (non-hydrogen) atoms. The molecule has 1 aromatic heterocycles. The van der Waals surface area contributed by atoms with Gasteiger partial charge in [-0.25, -0.2) is 0 Å². The fourth-order valence-corrected chi connectivity index (χ4v) is 3.50. The van der Waals surface area contributed by atoms with Gasteiger partial charge in [-0.1, -0.05) is 41.9 Å². The maximum atomic E-state index is 5.92. The van der Waals surface area contributed by atoms with Gasteiger partial charge in [-0.2, -0.15) is 0 Å². The van der Waals surface area contributed by atoms with Crippen molar-refractivity contribution in [3.63, 3.8) is 0 Å². The van der Waals surface area contributed by atoms with Gasteiger partial charge in [0.2, 0.25) is 0 Å². The van der Waals surface area contributed by atoms with Gasteiger partial charge in [-0.15, -0.1) is 11.8 Å². The van der Waals surface area contributed by atoms with Gasteiger partial charge < -0.3 is 4.57 Å². The van der Waals surface area contributed by atoms with E-state index in [0.717, 1.165) is 17.3 Å². The summed E-state index contributed by atoms with van der Waals surface area (Å²) in [6.45, 7) is 3.18. The molecule has 3 aromatic rings. The molecule has 0 aliphatic rings. The Hall–Kier alpha value is -1.38. The summed E-state index contributed by atoms with van der Waals surface area (Å²) in [7, 11) is 0. The first kappa shape index (κ1) is 13.6. The van der Waals surface area contributed by atoms with E-state index in [1.807, 2.05) is 23.9 Å². The summed E-state index contributed by atoms with van der Waals surface area (Å²) in [6, 6.07) is 16.7. The SMILES string of the molecule is CCn1cc(SCc2ccc(Cl)cc2)c2ccccc21. The molecule has 0 aliphatic carbocycles. The summed E-state index contributed by atoms with van der Waals surface area (Å²) in [5.41, 5.74) is 2.61. The van der Waals surface area contributed by atoms with Gasteiger partial charge in [-0.3, -0.25) is 0 Å². The summed E-state index contributed by atoms with van der Waals surface area (Å²) in [5.74, 6) is 0.967. The first-order valence-corrected chi connectivity index (χ1v) is 8.09. The summed E-state index contributed by atoms with van der Waals surface area (Å²) in [5, 5.41) is 2.13. The zero-order valence-corrected chi connectivity index (χ0v) is 12.9. The molecule has 0 saturated heterocycles. The van der Waals surface area contributed by atoms with E-state index in [0.29, 0.717) is 0 Å². The fourth-order valence-electron chi connectivity index (χ4n) is 2.33. The normalized spacial score (nSPS) is 11.1. The van der Waals surface area contributed by atoms with Crippen LogP contribution in [0.25, 0.3) is 10.9 Å². The van der Waals surface area contributed by atoms with Crippen LogP contribution in [-0.4, -0.2) is 4.57 Å². The molecule has 0 atom stereocenters. The predicted octanol–water partition coefficient (Wildman–Crippen LogP) is 5.61. The third-order valence-corrected chi connectivity index (χ3v) is 4.77. The van der Waals surface area contributed by atoms with Crippen molar-refractivity contribution in [2.24, 2.45) is 0 Å². The van der Waals surface area contributed by atoms with Gasteiger partial charge in [0.15, 0.2) is 0 Å². The standard InChI is InChI=1S/C17H16ClNS/c1-2-19-11-17(15-5-3-4-6-16(15)19)20-12-13-7-9-14(18)10-8-13/h3-11H,2,12H2,1H3. The number of benzene rings is 2. The number of para-hydroxylation sites is 1. The van der Waals surface area contributed by atoms with Crippen molar-refractivity contribution in [2.75, 3.05) is 0 Å². The molecule has 0 amide bonds. The van der Waals surface area contributed by atoms with Crippen molar-refractivity contribution in [3.05, 3.63) is 65.3 Å². The highest BCUT2D eigenvalue weighted by molar-refractivity contribution is 7.98. The molecular formula is C17H16ClNS. The number of rotatable bonds is 4. The van der Waals surface area contributed by atoms with E-state index < -0.39 is 0 Å². The van der Waals surface area contributed by atoms with Crippen LogP contribution in [0, 0.1) is 0 Å². The van der Waals surface area contributed by atoms with Crippen molar-refractivity contribution < 1.29 is 0 Å². The smallest absolute Gasteiger partial charge is 0.0491 e. The van der Waals surface area contributed by atoms with E-state index in [-0.39, 0.29) is 0 Å². The molecule has 0 bridgehead atoms. The first-order chi connectivity index (χ1) is 9.78. The van der Waals surface area contributed by atoms with E-state index in [4.69, 9.17) is 11.6 Å². The Kier molecular flexibility index (Phi) is 4.04. The number of hydrogen-bond acceptors (Lipinski definition) is 1. The van der Waals surface area contributed by atoms with E-state index in [1.165, 1.54) is 21.4 Å². The molecule has 0 fully saturated rings. The van der Waals surface area contributed by atoms with Gasteiger partial charge in [0.1, 0.15) is 0 Å². The molecule has 0 radical (unpaired) electrons. The Morgan fingerprint density at radius 1 is 1.05 bits per heavy atom. The second-order valence-corrected chi connectivity index (χ2v) is 6.17. The van der Waals surface area contributed by atoms with Crippen LogP contribution in [0.4, 0.5) is 0 Å². The number of thioether (sulfide) groups is 1. The monoisotopic (exact) mass is 301 g/mol. The minimum Gasteiger partial charge on any atom is -0.347 e. The Labute approximate surface area is 128 Å². The molecule has 2 aromatic carbocycles. The molecule has 0 aliphatic heterocycles. The van der Waals surface area contributed by atoms with Crippen LogP contribution in [0.5, 0.6) is 0 Å². The van der Waals surface area contributed by atoms with E-state index in [9.17, 15) is 0 Å². The van der Waals surface area contributed by atoms with E-state index in [1.54, 1.807) is 0 Å². The average molecular weight is 302 g/mol. The minimum absolute atomic E-state index is 0.793. The highest BCUT2D eigenvalue weighted by Gasteiger charge is 2.07. The van der Waals surface area contributed by atoms with Crippen molar-refractivity contribution >= 4 is 34.3 Å². The van der Waals surface area contributed by atoms with Crippen molar-refractivity contribution in [1.29, 1.82) is 0 Å². The summed E-state index contributed by atoms with van der Waals surface area (Å²) >= 11 is 7.80. The second kappa shape index (κ2) is 5.94. The maximum absolute atomic E-state index is 5.92. The summed E-state index contributed by atoms with van der Waals surface area (Å²) in [4.78, 5) is 1.34. The lowest BCUT2D eigenvalue weighted by atomic mass is 10.2. The zero-order valence-electron chi connectivity index (χ0n) is 11.3. The lowest BCUT2D eigenvalue weighted by Crippen LogP contribution is -1.89. The number of hydrogen-bond donors (Lipinski definition) is 0. The van der Waals surface area contributed by atoms with E-state index in [2.05, 4.69) is 54.1 Å². The Bertz CT molecular complexity index is 715. The van der Waals surface area contributed by atoms with Crippen molar-refractivity contribution in [3.8, 4) is 0 Å². The quantitative estimate of drug-likeness (QED) is 0.567. The Morgan fingerprint density at radius 2 is 1.80 bits per heavy atom.